The van der Waals surface area contributed by atoms with E-state index < -0.39 is 21.2 Å². The molecule has 106 valence electrons. The minimum Gasteiger partial charge on any atom is -0.321 e. The first kappa shape index (κ1) is 14.9. The minimum atomic E-state index is -3.59. The lowest BCUT2D eigenvalue weighted by atomic mass is 9.77. The maximum atomic E-state index is 14.1. The van der Waals surface area contributed by atoms with Crippen LogP contribution in [-0.2, 0) is 15.4 Å². The van der Waals surface area contributed by atoms with E-state index >= 15 is 0 Å². The van der Waals surface area contributed by atoms with E-state index in [0.717, 1.165) is 38.4 Å². The Morgan fingerprint density at radius 1 is 1.26 bits per heavy atom. The normalized spacial score (nSPS) is 19.4. The van der Waals surface area contributed by atoms with Gasteiger partial charge in [0, 0.05) is 16.3 Å². The molecule has 2 rings (SSSR count). The molecular weight excluding hydrogens is 333 g/mol. The molecule has 1 aromatic carbocycles. The van der Waals surface area contributed by atoms with E-state index in [1.165, 1.54) is 6.07 Å². The Kier molecular flexibility index (Phi) is 4.05. The Bertz CT molecular complexity index is 572. The smallest absolute Gasteiger partial charge is 0.179 e. The van der Waals surface area contributed by atoms with Crippen molar-refractivity contribution in [2.24, 2.45) is 5.73 Å². The monoisotopic (exact) mass is 349 g/mol. The molecule has 3 nitrogen and oxygen atoms in total. The lowest BCUT2D eigenvalue weighted by molar-refractivity contribution is 0.301. The van der Waals surface area contributed by atoms with Crippen LogP contribution in [0.25, 0.3) is 0 Å². The predicted molar refractivity (Wildman–Crippen MR) is 76.2 cm³/mol. The van der Waals surface area contributed by atoms with Gasteiger partial charge in [-0.2, -0.15) is 0 Å². The van der Waals surface area contributed by atoms with Crippen molar-refractivity contribution in [3.8, 4) is 0 Å². The van der Waals surface area contributed by atoms with Crippen molar-refractivity contribution >= 4 is 25.8 Å². The van der Waals surface area contributed by atoms with Crippen LogP contribution in [0.1, 0.15) is 37.7 Å². The van der Waals surface area contributed by atoms with Crippen LogP contribution in [0.4, 0.5) is 4.39 Å². The molecule has 0 heterocycles. The number of sulfone groups is 1. The lowest BCUT2D eigenvalue weighted by Gasteiger charge is -2.34. The summed E-state index contributed by atoms with van der Waals surface area (Å²) in [5.41, 5.74) is 6.47. The molecule has 2 N–H and O–H groups in total. The van der Waals surface area contributed by atoms with Crippen molar-refractivity contribution < 1.29 is 12.8 Å². The molecule has 19 heavy (non-hydrogen) atoms. The summed E-state index contributed by atoms with van der Waals surface area (Å²) in [4.78, 5) is -0.296. The Morgan fingerprint density at radius 3 is 2.32 bits per heavy atom. The molecule has 0 atom stereocenters. The Labute approximate surface area is 121 Å². The van der Waals surface area contributed by atoms with E-state index in [0.29, 0.717) is 5.56 Å². The fraction of sp³-hybridized carbons (Fsp3) is 0.538. The fourth-order valence-corrected chi connectivity index (χ4v) is 4.82. The molecule has 0 unspecified atom stereocenters. The van der Waals surface area contributed by atoms with E-state index in [9.17, 15) is 12.8 Å². The first-order chi connectivity index (χ1) is 8.74. The predicted octanol–water partition coefficient (Wildman–Crippen LogP) is 3.11. The molecule has 1 fully saturated rings. The zero-order valence-electron chi connectivity index (χ0n) is 10.7. The zero-order chi connectivity index (χ0) is 14.3. The molecule has 6 heteroatoms. The number of rotatable bonds is 2. The number of nitrogens with two attached hydrogens (primary N) is 1. The maximum absolute atomic E-state index is 14.1. The topological polar surface area (TPSA) is 60.2 Å². The second-order valence-corrected chi connectivity index (χ2v) is 8.06. The summed E-state index contributed by atoms with van der Waals surface area (Å²) in [5.74, 6) is -0.734. The number of benzene rings is 1. The first-order valence-corrected chi connectivity index (χ1v) is 8.91. The van der Waals surface area contributed by atoms with Gasteiger partial charge in [0.25, 0.3) is 0 Å². The third-order valence-corrected chi connectivity index (χ3v) is 5.73. The maximum Gasteiger partial charge on any atom is 0.179 e. The molecule has 1 aliphatic rings. The largest absolute Gasteiger partial charge is 0.321 e. The third-order valence-electron chi connectivity index (χ3n) is 3.69. The molecule has 1 aliphatic carbocycles. The summed E-state index contributed by atoms with van der Waals surface area (Å²) >= 11 is 3.15. The highest BCUT2D eigenvalue weighted by Gasteiger charge is 2.31. The first-order valence-electron chi connectivity index (χ1n) is 6.22. The summed E-state index contributed by atoms with van der Waals surface area (Å²) in [5, 5.41) is 0. The Hall–Kier alpha value is -0.460. The summed E-state index contributed by atoms with van der Waals surface area (Å²) in [7, 11) is -3.59. The van der Waals surface area contributed by atoms with Crippen molar-refractivity contribution in [1.82, 2.24) is 0 Å². The van der Waals surface area contributed by atoms with Gasteiger partial charge in [-0.15, -0.1) is 0 Å². The molecule has 0 amide bonds. The number of hydrogen-bond donors (Lipinski definition) is 1. The van der Waals surface area contributed by atoms with Gasteiger partial charge in [-0.25, -0.2) is 12.8 Å². The molecular formula is C13H17BrFNO2S. The highest BCUT2D eigenvalue weighted by Crippen LogP contribution is 2.38. The van der Waals surface area contributed by atoms with Gasteiger partial charge < -0.3 is 5.73 Å². The molecule has 1 aromatic rings. The SMILES string of the molecule is CS(=O)(=O)c1c(F)cc(C2(N)CCCCC2)cc1Br. The highest BCUT2D eigenvalue weighted by atomic mass is 79.9. The van der Waals surface area contributed by atoms with Gasteiger partial charge in [0.15, 0.2) is 9.84 Å². The number of hydrogen-bond acceptors (Lipinski definition) is 3. The van der Waals surface area contributed by atoms with Gasteiger partial charge in [0.2, 0.25) is 0 Å². The molecule has 0 aliphatic heterocycles. The molecule has 0 aromatic heterocycles. The van der Waals surface area contributed by atoms with Gasteiger partial charge in [-0.1, -0.05) is 19.3 Å². The average molecular weight is 350 g/mol. The van der Waals surface area contributed by atoms with Gasteiger partial charge in [0.1, 0.15) is 10.7 Å². The third kappa shape index (κ3) is 3.01. The lowest BCUT2D eigenvalue weighted by Crippen LogP contribution is -2.38. The van der Waals surface area contributed by atoms with Crippen LogP contribution in [0.3, 0.4) is 0 Å². The van der Waals surface area contributed by atoms with E-state index in [1.54, 1.807) is 6.07 Å². The van der Waals surface area contributed by atoms with E-state index in [4.69, 9.17) is 5.73 Å². The van der Waals surface area contributed by atoms with Gasteiger partial charge in [-0.3, -0.25) is 0 Å². The standard InChI is InChI=1S/C13H17BrFNO2S/c1-19(17,18)12-10(14)7-9(8-11(12)15)13(16)5-3-2-4-6-13/h7-8H,2-6,16H2,1H3. The highest BCUT2D eigenvalue weighted by molar-refractivity contribution is 9.10. The second kappa shape index (κ2) is 5.14. The zero-order valence-corrected chi connectivity index (χ0v) is 13.2. The molecule has 0 saturated heterocycles. The van der Waals surface area contributed by atoms with Crippen molar-refractivity contribution in [3.05, 3.63) is 28.0 Å². The van der Waals surface area contributed by atoms with Crippen LogP contribution in [0, 0.1) is 5.82 Å². The summed E-state index contributed by atoms with van der Waals surface area (Å²) in [6, 6.07) is 2.91. The van der Waals surface area contributed by atoms with Crippen LogP contribution in [0.2, 0.25) is 0 Å². The second-order valence-electron chi connectivity index (χ2n) is 5.26. The summed E-state index contributed by atoms with van der Waals surface area (Å²) in [6.45, 7) is 0. The van der Waals surface area contributed by atoms with Gasteiger partial charge >= 0.3 is 0 Å². The van der Waals surface area contributed by atoms with Crippen LogP contribution >= 0.6 is 15.9 Å². The van der Waals surface area contributed by atoms with E-state index in [2.05, 4.69) is 15.9 Å². The van der Waals surface area contributed by atoms with Gasteiger partial charge in [-0.05, 0) is 46.5 Å². The quantitative estimate of drug-likeness (QED) is 0.892. The molecule has 1 saturated carbocycles. The molecule has 0 bridgehead atoms. The summed E-state index contributed by atoms with van der Waals surface area (Å²) in [6.07, 6.45) is 5.78. The van der Waals surface area contributed by atoms with E-state index in [-0.39, 0.29) is 9.37 Å². The molecule has 0 radical (unpaired) electrons. The minimum absolute atomic E-state index is 0.250. The van der Waals surface area contributed by atoms with Gasteiger partial charge in [0.05, 0.1) is 0 Å². The van der Waals surface area contributed by atoms with Crippen molar-refractivity contribution in [2.75, 3.05) is 6.26 Å². The van der Waals surface area contributed by atoms with Crippen molar-refractivity contribution in [3.63, 3.8) is 0 Å². The van der Waals surface area contributed by atoms with Crippen molar-refractivity contribution in [1.29, 1.82) is 0 Å². The number of halogens is 2. The molecule has 0 spiro atoms. The average Bonchev–Trinajstić information content (AvgIpc) is 2.27. The van der Waals surface area contributed by atoms with E-state index in [1.807, 2.05) is 0 Å². The van der Waals surface area contributed by atoms with Crippen LogP contribution < -0.4 is 5.73 Å². The summed E-state index contributed by atoms with van der Waals surface area (Å²) < 4.78 is 37.4. The van der Waals surface area contributed by atoms with Crippen LogP contribution in [0.15, 0.2) is 21.5 Å². The van der Waals surface area contributed by atoms with Crippen LogP contribution in [-0.4, -0.2) is 14.7 Å². The Balaban J connectivity index is 2.51. The Morgan fingerprint density at radius 2 is 1.84 bits per heavy atom. The van der Waals surface area contributed by atoms with Crippen LogP contribution in [0.5, 0.6) is 0 Å². The van der Waals surface area contributed by atoms with Crippen molar-refractivity contribution in [2.45, 2.75) is 42.5 Å². The fourth-order valence-electron chi connectivity index (χ4n) is 2.67.